The average Bonchev–Trinajstić information content (AvgIpc) is 2.59. The fourth-order valence-corrected chi connectivity index (χ4v) is 3.73. The molecule has 0 bridgehead atoms. The highest BCUT2D eigenvalue weighted by Crippen LogP contribution is 2.21. The Labute approximate surface area is 177 Å². The van der Waals surface area contributed by atoms with Crippen LogP contribution in [-0.4, -0.2) is 31.9 Å². The number of benzene rings is 2. The SMILES string of the molecule is Cc1cccc(NS(=O)(=O)c2ccc(C)c(C(=O)OC(C)C(=O)NC(C)(C)C)c2)c1. The number of amides is 1. The van der Waals surface area contributed by atoms with E-state index in [1.807, 2.05) is 33.8 Å². The summed E-state index contributed by atoms with van der Waals surface area (Å²) in [4.78, 5) is 24.7. The van der Waals surface area contributed by atoms with E-state index in [-0.39, 0.29) is 10.5 Å². The number of esters is 1. The van der Waals surface area contributed by atoms with E-state index in [4.69, 9.17) is 4.74 Å². The van der Waals surface area contributed by atoms with E-state index < -0.39 is 33.5 Å². The molecule has 2 aromatic rings. The van der Waals surface area contributed by atoms with Crippen LogP contribution in [-0.2, 0) is 19.6 Å². The molecule has 30 heavy (non-hydrogen) atoms. The van der Waals surface area contributed by atoms with Crippen LogP contribution in [0.15, 0.2) is 47.4 Å². The van der Waals surface area contributed by atoms with Gasteiger partial charge in [0.2, 0.25) is 0 Å². The Morgan fingerprint density at radius 1 is 1.03 bits per heavy atom. The van der Waals surface area contributed by atoms with Crippen LogP contribution in [0, 0.1) is 13.8 Å². The Morgan fingerprint density at radius 2 is 1.70 bits per heavy atom. The first-order valence-corrected chi connectivity index (χ1v) is 11.0. The van der Waals surface area contributed by atoms with E-state index >= 15 is 0 Å². The zero-order chi connectivity index (χ0) is 22.7. The maximum Gasteiger partial charge on any atom is 0.339 e. The van der Waals surface area contributed by atoms with Crippen LogP contribution < -0.4 is 10.0 Å². The van der Waals surface area contributed by atoms with Gasteiger partial charge in [-0.05, 0) is 76.9 Å². The molecule has 0 radical (unpaired) electrons. The van der Waals surface area contributed by atoms with E-state index in [9.17, 15) is 18.0 Å². The summed E-state index contributed by atoms with van der Waals surface area (Å²) >= 11 is 0. The van der Waals surface area contributed by atoms with E-state index in [1.165, 1.54) is 25.1 Å². The molecule has 0 aliphatic carbocycles. The highest BCUT2D eigenvalue weighted by Gasteiger charge is 2.25. The van der Waals surface area contributed by atoms with E-state index in [0.29, 0.717) is 11.3 Å². The molecular formula is C22H28N2O5S. The molecule has 8 heteroatoms. The number of anilines is 1. The predicted octanol–water partition coefficient (Wildman–Crippen LogP) is 3.56. The highest BCUT2D eigenvalue weighted by molar-refractivity contribution is 7.92. The minimum absolute atomic E-state index is 0.0756. The molecule has 0 aliphatic rings. The number of rotatable bonds is 6. The third kappa shape index (κ3) is 6.32. The van der Waals surface area contributed by atoms with Gasteiger partial charge < -0.3 is 10.1 Å². The van der Waals surface area contributed by atoms with E-state index in [1.54, 1.807) is 25.1 Å². The number of nitrogens with one attached hydrogen (secondary N) is 2. The third-order valence-corrected chi connectivity index (χ3v) is 5.54. The fraction of sp³-hybridized carbons (Fsp3) is 0.364. The number of carbonyl (C=O) groups is 2. The van der Waals surface area contributed by atoms with Crippen LogP contribution in [0.2, 0.25) is 0 Å². The van der Waals surface area contributed by atoms with Gasteiger partial charge in [0.25, 0.3) is 15.9 Å². The quantitative estimate of drug-likeness (QED) is 0.680. The zero-order valence-corrected chi connectivity index (χ0v) is 18.9. The van der Waals surface area contributed by atoms with Crippen molar-refractivity contribution in [2.45, 2.75) is 58.1 Å². The Hall–Kier alpha value is -2.87. The predicted molar refractivity (Wildman–Crippen MR) is 116 cm³/mol. The lowest BCUT2D eigenvalue weighted by atomic mass is 10.1. The van der Waals surface area contributed by atoms with Gasteiger partial charge in [0.1, 0.15) is 0 Å². The summed E-state index contributed by atoms with van der Waals surface area (Å²) in [5.74, 6) is -1.20. The summed E-state index contributed by atoms with van der Waals surface area (Å²) in [5.41, 5.74) is 1.48. The summed E-state index contributed by atoms with van der Waals surface area (Å²) in [6, 6.07) is 11.1. The average molecular weight is 433 g/mol. The van der Waals surface area contributed by atoms with Crippen molar-refractivity contribution in [2.75, 3.05) is 4.72 Å². The number of hydrogen-bond donors (Lipinski definition) is 2. The summed E-state index contributed by atoms with van der Waals surface area (Å²) in [7, 11) is -3.91. The van der Waals surface area contributed by atoms with Gasteiger partial charge in [-0.3, -0.25) is 9.52 Å². The molecule has 1 amide bonds. The lowest BCUT2D eigenvalue weighted by Crippen LogP contribution is -2.46. The maximum absolute atomic E-state index is 12.8. The number of hydrogen-bond acceptors (Lipinski definition) is 5. The van der Waals surface area contributed by atoms with Crippen LogP contribution in [0.25, 0.3) is 0 Å². The Kier molecular flexibility index (Phi) is 6.92. The summed E-state index contributed by atoms with van der Waals surface area (Å²) in [5, 5.41) is 2.74. The first-order chi connectivity index (χ1) is 13.8. The van der Waals surface area contributed by atoms with Gasteiger partial charge in [-0.1, -0.05) is 18.2 Å². The third-order valence-electron chi connectivity index (χ3n) is 4.16. The molecule has 2 rings (SSSR count). The second kappa shape index (κ2) is 8.87. The van der Waals surface area contributed by atoms with Crippen LogP contribution >= 0.6 is 0 Å². The molecule has 1 atom stereocenters. The fourth-order valence-electron chi connectivity index (χ4n) is 2.66. The zero-order valence-electron chi connectivity index (χ0n) is 18.1. The van der Waals surface area contributed by atoms with Crippen LogP contribution in [0.1, 0.15) is 49.2 Å². The summed E-state index contributed by atoms with van der Waals surface area (Å²) in [6.07, 6.45) is -1.03. The normalized spacial score (nSPS) is 12.7. The lowest BCUT2D eigenvalue weighted by Gasteiger charge is -2.23. The van der Waals surface area contributed by atoms with Crippen molar-refractivity contribution >= 4 is 27.6 Å². The minimum atomic E-state index is -3.91. The molecule has 7 nitrogen and oxygen atoms in total. The maximum atomic E-state index is 12.8. The standard InChI is InChI=1S/C22H28N2O5S/c1-14-8-7-9-17(12-14)24-30(27,28)18-11-10-15(2)19(13-18)21(26)29-16(3)20(25)23-22(4,5)6/h7-13,16,24H,1-6H3,(H,23,25). The molecule has 0 heterocycles. The largest absolute Gasteiger partial charge is 0.449 e. The molecule has 2 N–H and O–H groups in total. The molecule has 162 valence electrons. The smallest absolute Gasteiger partial charge is 0.339 e. The summed E-state index contributed by atoms with van der Waals surface area (Å²) in [6.45, 7) is 10.4. The first kappa shape index (κ1) is 23.4. The van der Waals surface area contributed by atoms with Crippen LogP contribution in [0.3, 0.4) is 0 Å². The monoisotopic (exact) mass is 432 g/mol. The first-order valence-electron chi connectivity index (χ1n) is 9.52. The minimum Gasteiger partial charge on any atom is -0.449 e. The van der Waals surface area contributed by atoms with Gasteiger partial charge in [0, 0.05) is 11.2 Å². The number of ether oxygens (including phenoxy) is 1. The molecule has 2 aromatic carbocycles. The molecule has 0 saturated carbocycles. The molecule has 0 spiro atoms. The van der Waals surface area contributed by atoms with Crippen molar-refractivity contribution in [1.82, 2.24) is 5.32 Å². The van der Waals surface area contributed by atoms with Gasteiger partial charge in [0.05, 0.1) is 10.5 Å². The van der Waals surface area contributed by atoms with Crippen molar-refractivity contribution in [3.8, 4) is 0 Å². The van der Waals surface area contributed by atoms with Crippen molar-refractivity contribution in [1.29, 1.82) is 0 Å². The second-order valence-electron chi connectivity index (χ2n) is 8.24. The van der Waals surface area contributed by atoms with E-state index in [2.05, 4.69) is 10.0 Å². The van der Waals surface area contributed by atoms with Crippen LogP contribution in [0.4, 0.5) is 5.69 Å². The topological polar surface area (TPSA) is 102 Å². The van der Waals surface area contributed by atoms with Gasteiger partial charge in [-0.15, -0.1) is 0 Å². The van der Waals surface area contributed by atoms with E-state index in [0.717, 1.165) is 5.56 Å². The van der Waals surface area contributed by atoms with Crippen LogP contribution in [0.5, 0.6) is 0 Å². The van der Waals surface area contributed by atoms with Crippen molar-refractivity contribution < 1.29 is 22.7 Å². The molecule has 1 unspecified atom stereocenters. The van der Waals surface area contributed by atoms with Gasteiger partial charge in [0.15, 0.2) is 6.10 Å². The Balaban J connectivity index is 2.23. The van der Waals surface area contributed by atoms with Crippen molar-refractivity contribution in [3.63, 3.8) is 0 Å². The molecule has 0 aliphatic heterocycles. The lowest BCUT2D eigenvalue weighted by molar-refractivity contribution is -0.130. The number of sulfonamides is 1. The second-order valence-corrected chi connectivity index (χ2v) is 9.92. The number of carbonyl (C=O) groups excluding carboxylic acids is 2. The number of aryl methyl sites for hydroxylation is 2. The molecule has 0 fully saturated rings. The van der Waals surface area contributed by atoms with Gasteiger partial charge in [-0.25, -0.2) is 13.2 Å². The Morgan fingerprint density at radius 3 is 2.30 bits per heavy atom. The highest BCUT2D eigenvalue weighted by atomic mass is 32.2. The molecule has 0 saturated heterocycles. The summed E-state index contributed by atoms with van der Waals surface area (Å²) < 4.78 is 33.3. The van der Waals surface area contributed by atoms with Gasteiger partial charge in [-0.2, -0.15) is 0 Å². The Bertz CT molecular complexity index is 1060. The van der Waals surface area contributed by atoms with Gasteiger partial charge >= 0.3 is 5.97 Å². The van der Waals surface area contributed by atoms with Crippen molar-refractivity contribution in [3.05, 3.63) is 59.2 Å². The van der Waals surface area contributed by atoms with Crippen molar-refractivity contribution in [2.24, 2.45) is 0 Å². The molecule has 0 aromatic heterocycles. The molecular weight excluding hydrogens is 404 g/mol.